The number of aromatic nitrogens is 3. The van der Waals surface area contributed by atoms with E-state index in [-0.39, 0.29) is 12.1 Å². The molecule has 0 bridgehead atoms. The maximum absolute atomic E-state index is 12.5. The van der Waals surface area contributed by atoms with Gasteiger partial charge in [0.05, 0.1) is 17.0 Å². The lowest BCUT2D eigenvalue weighted by Gasteiger charge is -2.10. The van der Waals surface area contributed by atoms with Crippen molar-refractivity contribution in [1.82, 2.24) is 14.5 Å². The van der Waals surface area contributed by atoms with Crippen molar-refractivity contribution in [3.05, 3.63) is 59.1 Å². The Morgan fingerprint density at radius 3 is 2.80 bits per heavy atom. The summed E-state index contributed by atoms with van der Waals surface area (Å²) >= 11 is 0. The van der Waals surface area contributed by atoms with E-state index in [9.17, 15) is 4.79 Å². The number of fused-ring (bicyclic) bond motifs is 1. The molecule has 0 spiro atoms. The normalized spacial score (nSPS) is 10.3. The minimum absolute atomic E-state index is 0.0408. The molecule has 0 atom stereocenters. The maximum atomic E-state index is 12.5. The minimum atomic E-state index is -0.212. The monoisotopic (exact) mass is 262 g/mol. The van der Waals surface area contributed by atoms with E-state index in [1.807, 2.05) is 18.2 Å². The highest BCUT2D eigenvalue weighted by atomic mass is 16.1. The molecule has 0 saturated carbocycles. The Morgan fingerprint density at radius 2 is 2.05 bits per heavy atom. The van der Waals surface area contributed by atoms with Crippen LogP contribution in [0.25, 0.3) is 22.3 Å². The van der Waals surface area contributed by atoms with Crippen LogP contribution < -0.4 is 5.56 Å². The highest BCUT2D eigenvalue weighted by molar-refractivity contribution is 5.79. The first kappa shape index (κ1) is 12.1. The van der Waals surface area contributed by atoms with Gasteiger partial charge in [-0.15, -0.1) is 0 Å². The van der Waals surface area contributed by atoms with Crippen LogP contribution in [0.5, 0.6) is 0 Å². The molecule has 0 fully saturated rings. The van der Waals surface area contributed by atoms with Crippen LogP contribution in [0.1, 0.15) is 0 Å². The summed E-state index contributed by atoms with van der Waals surface area (Å²) in [5.41, 5.74) is 1.12. The van der Waals surface area contributed by atoms with Gasteiger partial charge in [-0.1, -0.05) is 12.1 Å². The molecule has 0 radical (unpaired) electrons. The average molecular weight is 262 g/mol. The molecule has 0 aliphatic rings. The fourth-order valence-corrected chi connectivity index (χ4v) is 2.10. The van der Waals surface area contributed by atoms with Crippen molar-refractivity contribution in [2.24, 2.45) is 0 Å². The summed E-state index contributed by atoms with van der Waals surface area (Å²) in [5.74, 6) is 0.461. The van der Waals surface area contributed by atoms with Crippen LogP contribution in [0.2, 0.25) is 0 Å². The fraction of sp³-hybridized carbons (Fsp3) is 0.0667. The summed E-state index contributed by atoms with van der Waals surface area (Å²) < 4.78 is 1.37. The van der Waals surface area contributed by atoms with E-state index >= 15 is 0 Å². The Balaban J connectivity index is 2.39. The molecule has 5 heteroatoms. The third-order valence-electron chi connectivity index (χ3n) is 3.01. The highest BCUT2D eigenvalue weighted by Gasteiger charge is 2.12. The molecule has 3 rings (SSSR count). The number of hydrogen-bond acceptors (Lipinski definition) is 4. The van der Waals surface area contributed by atoms with Crippen LogP contribution in [0.3, 0.4) is 0 Å². The summed E-state index contributed by atoms with van der Waals surface area (Å²) in [4.78, 5) is 21.0. The predicted octanol–water partition coefficient (Wildman–Crippen LogP) is 1.98. The molecule has 0 amide bonds. The summed E-state index contributed by atoms with van der Waals surface area (Å²) in [6, 6.07) is 12.7. The van der Waals surface area contributed by atoms with Crippen LogP contribution in [-0.4, -0.2) is 14.5 Å². The van der Waals surface area contributed by atoms with Gasteiger partial charge in [0.15, 0.2) is 0 Å². The van der Waals surface area contributed by atoms with Gasteiger partial charge in [0, 0.05) is 18.0 Å². The molecule has 1 aromatic carbocycles. The van der Waals surface area contributed by atoms with Crippen molar-refractivity contribution in [2.45, 2.75) is 6.54 Å². The molecule has 0 saturated heterocycles. The summed E-state index contributed by atoms with van der Waals surface area (Å²) in [6.07, 6.45) is 3.28. The van der Waals surface area contributed by atoms with Crippen LogP contribution in [-0.2, 0) is 6.54 Å². The molecule has 2 heterocycles. The molecule has 5 nitrogen and oxygen atoms in total. The number of pyridine rings is 1. The van der Waals surface area contributed by atoms with E-state index in [2.05, 4.69) is 9.97 Å². The zero-order valence-electron chi connectivity index (χ0n) is 10.5. The van der Waals surface area contributed by atoms with Gasteiger partial charge in [-0.2, -0.15) is 5.26 Å². The molecule has 0 N–H and O–H groups in total. The van der Waals surface area contributed by atoms with E-state index in [0.717, 1.165) is 0 Å². The van der Waals surface area contributed by atoms with Gasteiger partial charge in [-0.3, -0.25) is 14.3 Å². The van der Waals surface area contributed by atoms with Gasteiger partial charge >= 0.3 is 0 Å². The largest absolute Gasteiger partial charge is 0.278 e. The van der Waals surface area contributed by atoms with Gasteiger partial charge < -0.3 is 0 Å². The Bertz CT molecular complexity index is 862. The summed E-state index contributed by atoms with van der Waals surface area (Å²) in [6.45, 7) is -0.0408. The molecule has 0 aliphatic carbocycles. The van der Waals surface area contributed by atoms with Crippen molar-refractivity contribution in [1.29, 1.82) is 5.26 Å². The SMILES string of the molecule is N#CCn1c(-c2cccnc2)nc2ccccc2c1=O. The number of nitriles is 1. The second kappa shape index (κ2) is 4.94. The van der Waals surface area contributed by atoms with Gasteiger partial charge in [0.25, 0.3) is 5.56 Å². The zero-order chi connectivity index (χ0) is 13.9. The Kier molecular flexibility index (Phi) is 2.98. The highest BCUT2D eigenvalue weighted by Crippen LogP contribution is 2.17. The molecule has 0 unspecified atom stereocenters. The third-order valence-corrected chi connectivity index (χ3v) is 3.01. The first-order valence-electron chi connectivity index (χ1n) is 6.08. The number of rotatable bonds is 2. The lowest BCUT2D eigenvalue weighted by molar-refractivity contribution is 0.787. The number of para-hydroxylation sites is 1. The number of benzene rings is 1. The lowest BCUT2D eigenvalue weighted by atomic mass is 10.2. The van der Waals surface area contributed by atoms with E-state index < -0.39 is 0 Å². The second-order valence-electron chi connectivity index (χ2n) is 4.24. The van der Waals surface area contributed by atoms with Crippen molar-refractivity contribution in [3.63, 3.8) is 0 Å². The van der Waals surface area contributed by atoms with Crippen LogP contribution in [0.15, 0.2) is 53.6 Å². The number of nitrogens with zero attached hydrogens (tertiary/aromatic N) is 4. The first-order chi connectivity index (χ1) is 9.81. The number of hydrogen-bond donors (Lipinski definition) is 0. The molecule has 3 aromatic rings. The molecule has 0 aliphatic heterocycles. The van der Waals surface area contributed by atoms with Crippen molar-refractivity contribution in [2.75, 3.05) is 0 Å². The fourth-order valence-electron chi connectivity index (χ4n) is 2.10. The van der Waals surface area contributed by atoms with Crippen molar-refractivity contribution >= 4 is 10.9 Å². The molecule has 2 aromatic heterocycles. The van der Waals surface area contributed by atoms with Crippen LogP contribution in [0.4, 0.5) is 0 Å². The topological polar surface area (TPSA) is 71.6 Å². The van der Waals surface area contributed by atoms with E-state index in [1.165, 1.54) is 4.57 Å². The van der Waals surface area contributed by atoms with Gasteiger partial charge in [-0.05, 0) is 24.3 Å². The predicted molar refractivity (Wildman–Crippen MR) is 74.8 cm³/mol. The smallest absolute Gasteiger partial charge is 0.262 e. The van der Waals surface area contributed by atoms with Gasteiger partial charge in [0.2, 0.25) is 0 Å². The van der Waals surface area contributed by atoms with E-state index in [1.54, 1.807) is 36.7 Å². The van der Waals surface area contributed by atoms with E-state index in [0.29, 0.717) is 22.3 Å². The van der Waals surface area contributed by atoms with Crippen molar-refractivity contribution in [3.8, 4) is 17.5 Å². The van der Waals surface area contributed by atoms with Gasteiger partial charge in [0.1, 0.15) is 12.4 Å². The third kappa shape index (κ3) is 1.93. The quantitative estimate of drug-likeness (QED) is 0.708. The Labute approximate surface area is 114 Å². The lowest BCUT2D eigenvalue weighted by Crippen LogP contribution is -2.23. The summed E-state index contributed by atoms with van der Waals surface area (Å²) in [5, 5.41) is 9.44. The average Bonchev–Trinajstić information content (AvgIpc) is 2.51. The summed E-state index contributed by atoms with van der Waals surface area (Å²) in [7, 11) is 0. The Morgan fingerprint density at radius 1 is 1.20 bits per heavy atom. The second-order valence-corrected chi connectivity index (χ2v) is 4.24. The van der Waals surface area contributed by atoms with Crippen LogP contribution in [0, 0.1) is 11.3 Å². The van der Waals surface area contributed by atoms with Gasteiger partial charge in [-0.25, -0.2) is 4.98 Å². The standard InChI is InChI=1S/C15H10N4O/c16-7-9-19-14(11-4-3-8-17-10-11)18-13-6-2-1-5-12(13)15(19)20/h1-6,8,10H,9H2. The van der Waals surface area contributed by atoms with E-state index in [4.69, 9.17) is 5.26 Å². The minimum Gasteiger partial charge on any atom is -0.278 e. The molecular formula is C15H10N4O. The maximum Gasteiger partial charge on any atom is 0.262 e. The molecule has 20 heavy (non-hydrogen) atoms. The van der Waals surface area contributed by atoms with Crippen molar-refractivity contribution < 1.29 is 0 Å². The first-order valence-corrected chi connectivity index (χ1v) is 6.08. The molecular weight excluding hydrogens is 252 g/mol. The zero-order valence-corrected chi connectivity index (χ0v) is 10.5. The Hall–Kier alpha value is -3.00. The van der Waals surface area contributed by atoms with Crippen LogP contribution >= 0.6 is 0 Å². The molecule has 96 valence electrons.